The maximum atomic E-state index is 5.25. The van der Waals surface area contributed by atoms with Crippen molar-refractivity contribution in [2.45, 2.75) is 19.3 Å². The molecule has 0 unspecified atom stereocenters. The van der Waals surface area contributed by atoms with Gasteiger partial charge in [-0.25, -0.2) is 0 Å². The summed E-state index contributed by atoms with van der Waals surface area (Å²) in [7, 11) is 0. The second-order valence-electron chi connectivity index (χ2n) is 3.58. The predicted octanol–water partition coefficient (Wildman–Crippen LogP) is 1.00. The van der Waals surface area contributed by atoms with E-state index in [0.717, 1.165) is 25.0 Å². The number of nitrogens with zero attached hydrogens (tertiary/aromatic N) is 2. The summed E-state index contributed by atoms with van der Waals surface area (Å²) in [6, 6.07) is 8.24. The van der Waals surface area contributed by atoms with Gasteiger partial charge in [-0.3, -0.25) is 0 Å². The first-order chi connectivity index (χ1) is 7.27. The number of guanidine groups is 1. The van der Waals surface area contributed by atoms with Gasteiger partial charge >= 0.3 is 0 Å². The first-order valence-corrected chi connectivity index (χ1v) is 5.01. The van der Waals surface area contributed by atoms with Crippen LogP contribution in [0.1, 0.15) is 24.0 Å². The lowest BCUT2D eigenvalue weighted by molar-refractivity contribution is 0.834. The van der Waals surface area contributed by atoms with Crippen LogP contribution >= 0.6 is 0 Å². The molecule has 4 nitrogen and oxygen atoms in total. The van der Waals surface area contributed by atoms with E-state index in [-0.39, 0.29) is 5.96 Å². The van der Waals surface area contributed by atoms with E-state index in [4.69, 9.17) is 11.5 Å². The molecule has 1 aromatic rings. The van der Waals surface area contributed by atoms with Crippen LogP contribution in [-0.2, 0) is 6.42 Å². The van der Waals surface area contributed by atoms with Crippen LogP contribution in [0.5, 0.6) is 0 Å². The van der Waals surface area contributed by atoms with E-state index in [1.54, 1.807) is 0 Å². The summed E-state index contributed by atoms with van der Waals surface area (Å²) in [5.74, 6) is 0.00514. The predicted molar refractivity (Wildman–Crippen MR) is 61.7 cm³/mol. The Kier molecular flexibility index (Phi) is 2.67. The molecule has 4 N–H and O–H groups in total. The average molecular weight is 202 g/mol. The molecule has 0 spiro atoms. The van der Waals surface area contributed by atoms with E-state index >= 15 is 0 Å². The maximum Gasteiger partial charge on any atom is 0.211 e. The van der Waals surface area contributed by atoms with Gasteiger partial charge in [0.15, 0.2) is 0 Å². The average Bonchev–Trinajstić information content (AvgIpc) is 2.26. The summed E-state index contributed by atoms with van der Waals surface area (Å²) in [5, 5.41) is 7.79. The molecule has 0 amide bonds. The van der Waals surface area contributed by atoms with Crippen LogP contribution in [0.15, 0.2) is 34.5 Å². The van der Waals surface area contributed by atoms with E-state index in [0.29, 0.717) is 0 Å². The molecule has 0 fully saturated rings. The Bertz CT molecular complexity index is 416. The Balaban J connectivity index is 2.38. The van der Waals surface area contributed by atoms with Gasteiger partial charge < -0.3 is 11.5 Å². The molecule has 4 heteroatoms. The van der Waals surface area contributed by atoms with Gasteiger partial charge in [-0.2, -0.15) is 5.10 Å². The largest absolute Gasteiger partial charge is 0.369 e. The van der Waals surface area contributed by atoms with Crippen molar-refractivity contribution in [1.82, 2.24) is 0 Å². The van der Waals surface area contributed by atoms with Crippen molar-refractivity contribution in [1.29, 1.82) is 0 Å². The SMILES string of the molecule is NC(N)=N/N=C1\CCCc2ccccc21. The van der Waals surface area contributed by atoms with E-state index < -0.39 is 0 Å². The van der Waals surface area contributed by atoms with Crippen molar-refractivity contribution in [2.75, 3.05) is 0 Å². The van der Waals surface area contributed by atoms with Gasteiger partial charge in [0.1, 0.15) is 0 Å². The minimum Gasteiger partial charge on any atom is -0.369 e. The van der Waals surface area contributed by atoms with Crippen molar-refractivity contribution >= 4 is 11.7 Å². The maximum absolute atomic E-state index is 5.25. The third-order valence-electron chi connectivity index (χ3n) is 2.47. The molecule has 0 radical (unpaired) electrons. The van der Waals surface area contributed by atoms with Gasteiger partial charge in [0.05, 0.1) is 5.71 Å². The van der Waals surface area contributed by atoms with Crippen LogP contribution in [0.25, 0.3) is 0 Å². The second kappa shape index (κ2) is 4.13. The minimum atomic E-state index is 0.00514. The van der Waals surface area contributed by atoms with Gasteiger partial charge in [-0.05, 0) is 24.8 Å². The lowest BCUT2D eigenvalue weighted by atomic mass is 9.90. The zero-order chi connectivity index (χ0) is 10.7. The molecule has 1 aliphatic carbocycles. The van der Waals surface area contributed by atoms with E-state index in [2.05, 4.69) is 22.3 Å². The van der Waals surface area contributed by atoms with Gasteiger partial charge in [0.25, 0.3) is 0 Å². The first-order valence-electron chi connectivity index (χ1n) is 5.01. The first kappa shape index (κ1) is 9.71. The van der Waals surface area contributed by atoms with Crippen molar-refractivity contribution in [3.63, 3.8) is 0 Å². The van der Waals surface area contributed by atoms with Crippen LogP contribution in [0, 0.1) is 0 Å². The fraction of sp³-hybridized carbons (Fsp3) is 0.273. The summed E-state index contributed by atoms with van der Waals surface area (Å²) in [5.41, 5.74) is 14.0. The monoisotopic (exact) mass is 202 g/mol. The molecule has 15 heavy (non-hydrogen) atoms. The van der Waals surface area contributed by atoms with Crippen molar-refractivity contribution < 1.29 is 0 Å². The molecule has 0 aromatic heterocycles. The Hall–Kier alpha value is -1.84. The van der Waals surface area contributed by atoms with Crippen molar-refractivity contribution in [3.8, 4) is 0 Å². The number of fused-ring (bicyclic) bond motifs is 1. The molecule has 78 valence electrons. The molecule has 0 aliphatic heterocycles. The van der Waals surface area contributed by atoms with Crippen LogP contribution in [-0.4, -0.2) is 11.7 Å². The molecular weight excluding hydrogens is 188 g/mol. The zero-order valence-electron chi connectivity index (χ0n) is 8.48. The lowest BCUT2D eigenvalue weighted by Crippen LogP contribution is -2.22. The summed E-state index contributed by atoms with van der Waals surface area (Å²) in [6.07, 6.45) is 3.15. The molecule has 1 aromatic carbocycles. The number of aryl methyl sites for hydroxylation is 1. The molecule has 0 heterocycles. The highest BCUT2D eigenvalue weighted by Gasteiger charge is 2.14. The topological polar surface area (TPSA) is 76.8 Å². The molecule has 2 rings (SSSR count). The molecule has 0 atom stereocenters. The minimum absolute atomic E-state index is 0.00514. The summed E-state index contributed by atoms with van der Waals surface area (Å²) in [4.78, 5) is 0. The molecule has 0 bridgehead atoms. The highest BCUT2D eigenvalue weighted by Crippen LogP contribution is 2.21. The van der Waals surface area contributed by atoms with Gasteiger partial charge in [0, 0.05) is 5.56 Å². The molecule has 1 aliphatic rings. The summed E-state index contributed by atoms with van der Waals surface area (Å²) in [6.45, 7) is 0. The number of hydrogen-bond donors (Lipinski definition) is 2. The molecular formula is C11H14N4. The van der Waals surface area contributed by atoms with Crippen LogP contribution in [0.3, 0.4) is 0 Å². The number of hydrogen-bond acceptors (Lipinski definition) is 2. The van der Waals surface area contributed by atoms with Crippen LogP contribution in [0.2, 0.25) is 0 Å². The summed E-state index contributed by atoms with van der Waals surface area (Å²) >= 11 is 0. The number of nitrogens with two attached hydrogens (primary N) is 2. The second-order valence-corrected chi connectivity index (χ2v) is 3.58. The molecule has 0 saturated carbocycles. The van der Waals surface area contributed by atoms with Crippen LogP contribution in [0.4, 0.5) is 0 Å². The fourth-order valence-electron chi connectivity index (χ4n) is 1.82. The van der Waals surface area contributed by atoms with Gasteiger partial charge in [0.2, 0.25) is 5.96 Å². The highest BCUT2D eigenvalue weighted by molar-refractivity contribution is 6.02. The Morgan fingerprint density at radius 2 is 1.93 bits per heavy atom. The Labute approximate surface area is 88.7 Å². The number of benzene rings is 1. The van der Waals surface area contributed by atoms with E-state index in [1.165, 1.54) is 11.1 Å². The van der Waals surface area contributed by atoms with E-state index in [9.17, 15) is 0 Å². The Morgan fingerprint density at radius 3 is 2.73 bits per heavy atom. The standard InChI is InChI=1S/C11H14N4/c12-11(13)15-14-10-7-3-5-8-4-1-2-6-9(8)10/h1-2,4,6H,3,5,7H2,(H4,12,13,15)/b14-10+. The lowest BCUT2D eigenvalue weighted by Gasteiger charge is -2.16. The summed E-state index contributed by atoms with van der Waals surface area (Å²) < 4.78 is 0. The highest BCUT2D eigenvalue weighted by atomic mass is 15.3. The fourth-order valence-corrected chi connectivity index (χ4v) is 1.82. The van der Waals surface area contributed by atoms with Crippen molar-refractivity contribution in [3.05, 3.63) is 35.4 Å². The molecule has 0 saturated heterocycles. The van der Waals surface area contributed by atoms with Crippen LogP contribution < -0.4 is 11.5 Å². The van der Waals surface area contributed by atoms with Gasteiger partial charge in [-0.1, -0.05) is 24.3 Å². The normalized spacial score (nSPS) is 17.2. The van der Waals surface area contributed by atoms with Crippen molar-refractivity contribution in [2.24, 2.45) is 21.7 Å². The zero-order valence-corrected chi connectivity index (χ0v) is 8.48. The quantitative estimate of drug-likeness (QED) is 0.405. The Morgan fingerprint density at radius 1 is 1.13 bits per heavy atom. The third kappa shape index (κ3) is 2.15. The van der Waals surface area contributed by atoms with E-state index in [1.807, 2.05) is 12.1 Å². The smallest absolute Gasteiger partial charge is 0.211 e. The third-order valence-corrected chi connectivity index (χ3v) is 2.47. The number of rotatable bonds is 1. The van der Waals surface area contributed by atoms with Gasteiger partial charge in [-0.15, -0.1) is 5.10 Å².